The minimum absolute atomic E-state index is 0.0928. The monoisotopic (exact) mass is 298 g/mol. The van der Waals surface area contributed by atoms with E-state index in [1.54, 1.807) is 0 Å². The second-order valence-corrected chi connectivity index (χ2v) is 6.21. The molecule has 8 heteroatoms. The van der Waals surface area contributed by atoms with Crippen molar-refractivity contribution in [3.8, 4) is 0 Å². The van der Waals surface area contributed by atoms with Crippen LogP contribution in [0.25, 0.3) is 0 Å². The minimum Gasteiger partial charge on any atom is -0.478 e. The van der Waals surface area contributed by atoms with Gasteiger partial charge in [0.2, 0.25) is 15.9 Å². The number of carboxylic acids is 1. The van der Waals surface area contributed by atoms with Crippen molar-refractivity contribution in [3.05, 3.63) is 29.8 Å². The number of benzene rings is 1. The normalized spacial score (nSPS) is 19.4. The van der Waals surface area contributed by atoms with Crippen molar-refractivity contribution in [2.75, 3.05) is 6.54 Å². The maximum absolute atomic E-state index is 12.1. The van der Waals surface area contributed by atoms with Crippen molar-refractivity contribution in [1.29, 1.82) is 0 Å². The van der Waals surface area contributed by atoms with E-state index in [4.69, 9.17) is 5.11 Å². The van der Waals surface area contributed by atoms with E-state index in [9.17, 15) is 18.0 Å². The van der Waals surface area contributed by atoms with Crippen LogP contribution in [0, 0.1) is 0 Å². The van der Waals surface area contributed by atoms with Crippen LogP contribution < -0.4 is 10.0 Å². The van der Waals surface area contributed by atoms with Crippen LogP contribution in [0.5, 0.6) is 0 Å². The lowest BCUT2D eigenvalue weighted by Crippen LogP contribution is -2.47. The molecule has 1 aliphatic rings. The summed E-state index contributed by atoms with van der Waals surface area (Å²) in [6.45, 7) is 0.233. The van der Waals surface area contributed by atoms with E-state index < -0.39 is 16.0 Å². The summed E-state index contributed by atoms with van der Waals surface area (Å²) in [5.74, 6) is -1.29. The molecule has 1 aromatic carbocycles. The number of rotatable bonds is 4. The molecule has 0 saturated carbocycles. The highest BCUT2D eigenvalue weighted by molar-refractivity contribution is 7.89. The highest BCUT2D eigenvalue weighted by atomic mass is 32.2. The third-order valence-corrected chi connectivity index (χ3v) is 4.50. The number of hydrogen-bond acceptors (Lipinski definition) is 4. The molecule has 7 nitrogen and oxygen atoms in total. The summed E-state index contributed by atoms with van der Waals surface area (Å²) in [4.78, 5) is 21.8. The molecule has 0 radical (unpaired) electrons. The summed E-state index contributed by atoms with van der Waals surface area (Å²) in [5, 5.41) is 11.4. The number of carboxylic acid groups (broad SMARTS) is 1. The Kier molecular flexibility index (Phi) is 4.05. The van der Waals surface area contributed by atoms with Crippen molar-refractivity contribution in [1.82, 2.24) is 10.0 Å². The molecular formula is C12H14N2O5S. The van der Waals surface area contributed by atoms with E-state index in [0.717, 1.165) is 6.07 Å². The van der Waals surface area contributed by atoms with Crippen molar-refractivity contribution < 1.29 is 23.1 Å². The van der Waals surface area contributed by atoms with E-state index in [1.165, 1.54) is 18.2 Å². The molecule has 1 saturated heterocycles. The Morgan fingerprint density at radius 2 is 2.15 bits per heavy atom. The predicted octanol–water partition coefficient (Wildman–Crippen LogP) is -0.0583. The van der Waals surface area contributed by atoms with Gasteiger partial charge < -0.3 is 10.4 Å². The van der Waals surface area contributed by atoms with E-state index in [1.807, 2.05) is 0 Å². The predicted molar refractivity (Wildman–Crippen MR) is 69.8 cm³/mol. The average molecular weight is 298 g/mol. The number of sulfonamides is 1. The molecule has 1 atom stereocenters. The molecule has 1 amide bonds. The van der Waals surface area contributed by atoms with Gasteiger partial charge in [-0.2, -0.15) is 0 Å². The van der Waals surface area contributed by atoms with Gasteiger partial charge in [0, 0.05) is 19.0 Å². The highest BCUT2D eigenvalue weighted by Crippen LogP contribution is 2.14. The smallest absolute Gasteiger partial charge is 0.335 e. The van der Waals surface area contributed by atoms with Crippen molar-refractivity contribution >= 4 is 21.9 Å². The molecule has 1 aromatic rings. The van der Waals surface area contributed by atoms with E-state index in [2.05, 4.69) is 10.0 Å². The molecule has 2 rings (SSSR count). The molecule has 1 aliphatic heterocycles. The van der Waals surface area contributed by atoms with Crippen LogP contribution in [0.15, 0.2) is 29.2 Å². The maximum atomic E-state index is 12.1. The van der Waals surface area contributed by atoms with E-state index in [0.29, 0.717) is 6.42 Å². The Labute approximate surface area is 116 Å². The Hall–Kier alpha value is -1.93. The third-order valence-electron chi connectivity index (χ3n) is 2.98. The molecule has 3 N–H and O–H groups in total. The zero-order valence-electron chi connectivity index (χ0n) is 10.5. The van der Waals surface area contributed by atoms with Gasteiger partial charge in [0.25, 0.3) is 0 Å². The molecule has 0 aromatic heterocycles. The molecule has 0 aliphatic carbocycles. The van der Waals surface area contributed by atoms with Crippen LogP contribution in [0.1, 0.15) is 23.2 Å². The SMILES string of the molecule is O=C1CCC(NS(=O)(=O)c2cccc(C(=O)O)c2)CN1. The van der Waals surface area contributed by atoms with Crippen LogP contribution in [0.4, 0.5) is 0 Å². The first-order valence-electron chi connectivity index (χ1n) is 6.01. The Bertz CT molecular complexity index is 631. The summed E-state index contributed by atoms with van der Waals surface area (Å²) in [5.41, 5.74) is -0.0928. The highest BCUT2D eigenvalue weighted by Gasteiger charge is 2.24. The largest absolute Gasteiger partial charge is 0.478 e. The molecule has 1 unspecified atom stereocenters. The van der Waals surface area contributed by atoms with Crippen LogP contribution in [-0.2, 0) is 14.8 Å². The minimum atomic E-state index is -3.80. The van der Waals surface area contributed by atoms with E-state index in [-0.39, 0.29) is 35.4 Å². The van der Waals surface area contributed by atoms with Gasteiger partial charge in [-0.05, 0) is 24.6 Å². The molecular weight excluding hydrogens is 284 g/mol. The first-order valence-corrected chi connectivity index (χ1v) is 7.49. The fraction of sp³-hybridized carbons (Fsp3) is 0.333. The first-order chi connectivity index (χ1) is 9.38. The summed E-state index contributed by atoms with van der Waals surface area (Å²) in [7, 11) is -3.80. The van der Waals surface area contributed by atoms with Gasteiger partial charge in [0.05, 0.1) is 10.5 Å². The van der Waals surface area contributed by atoms with Gasteiger partial charge in [-0.25, -0.2) is 17.9 Å². The zero-order valence-corrected chi connectivity index (χ0v) is 11.3. The van der Waals surface area contributed by atoms with Gasteiger partial charge in [-0.3, -0.25) is 4.79 Å². The maximum Gasteiger partial charge on any atom is 0.335 e. The number of hydrogen-bond donors (Lipinski definition) is 3. The summed E-state index contributed by atoms with van der Waals surface area (Å²) in [6.07, 6.45) is 0.687. The second-order valence-electron chi connectivity index (χ2n) is 4.49. The lowest BCUT2D eigenvalue weighted by atomic mass is 10.1. The number of carbonyl (C=O) groups is 2. The summed E-state index contributed by atoms with van der Waals surface area (Å²) >= 11 is 0. The summed E-state index contributed by atoms with van der Waals surface area (Å²) in [6, 6.07) is 4.75. The standard InChI is InChI=1S/C12H14N2O5S/c15-11-5-4-9(7-13-11)14-20(18,19)10-3-1-2-8(6-10)12(16)17/h1-3,6,9,14H,4-5,7H2,(H,13,15)(H,16,17). The van der Waals surface area contributed by atoms with Crippen LogP contribution >= 0.6 is 0 Å². The van der Waals surface area contributed by atoms with Gasteiger partial charge in [0.1, 0.15) is 0 Å². The fourth-order valence-electron chi connectivity index (χ4n) is 1.92. The van der Waals surface area contributed by atoms with Crippen LogP contribution in [-0.4, -0.2) is 38.0 Å². The quantitative estimate of drug-likeness (QED) is 0.721. The number of nitrogens with one attached hydrogen (secondary N) is 2. The van der Waals surface area contributed by atoms with Crippen molar-refractivity contribution in [2.45, 2.75) is 23.8 Å². The third kappa shape index (κ3) is 3.34. The number of amides is 1. The van der Waals surface area contributed by atoms with E-state index >= 15 is 0 Å². The fourth-order valence-corrected chi connectivity index (χ4v) is 3.23. The molecule has 1 heterocycles. The molecule has 108 valence electrons. The first kappa shape index (κ1) is 14.5. The van der Waals surface area contributed by atoms with Crippen molar-refractivity contribution in [3.63, 3.8) is 0 Å². The van der Waals surface area contributed by atoms with Gasteiger partial charge in [0.15, 0.2) is 0 Å². The number of carbonyl (C=O) groups excluding carboxylic acids is 1. The average Bonchev–Trinajstić information content (AvgIpc) is 2.41. The number of piperidine rings is 1. The van der Waals surface area contributed by atoms with Gasteiger partial charge in [-0.15, -0.1) is 0 Å². The zero-order chi connectivity index (χ0) is 14.8. The Morgan fingerprint density at radius 3 is 2.75 bits per heavy atom. The number of aromatic carboxylic acids is 1. The van der Waals surface area contributed by atoms with Crippen LogP contribution in [0.3, 0.4) is 0 Å². The molecule has 1 fully saturated rings. The Morgan fingerprint density at radius 1 is 1.40 bits per heavy atom. The Balaban J connectivity index is 2.16. The lowest BCUT2D eigenvalue weighted by molar-refractivity contribution is -0.122. The topological polar surface area (TPSA) is 113 Å². The van der Waals surface area contributed by atoms with Crippen molar-refractivity contribution in [2.24, 2.45) is 0 Å². The summed E-state index contributed by atoms with van der Waals surface area (Å²) < 4.78 is 26.7. The molecule has 0 spiro atoms. The van der Waals surface area contributed by atoms with Gasteiger partial charge in [-0.1, -0.05) is 6.07 Å². The molecule has 20 heavy (non-hydrogen) atoms. The van der Waals surface area contributed by atoms with Gasteiger partial charge >= 0.3 is 5.97 Å². The molecule has 0 bridgehead atoms. The second kappa shape index (κ2) is 5.59. The van der Waals surface area contributed by atoms with Crippen LogP contribution in [0.2, 0.25) is 0 Å². The lowest BCUT2D eigenvalue weighted by Gasteiger charge is -2.23.